The number of ether oxygens (including phenoxy) is 1. The third-order valence-electron chi connectivity index (χ3n) is 4.78. The molecule has 28 heavy (non-hydrogen) atoms. The Labute approximate surface area is 163 Å². The van der Waals surface area contributed by atoms with Gasteiger partial charge in [-0.3, -0.25) is 4.79 Å². The lowest BCUT2D eigenvalue weighted by molar-refractivity contribution is -0.188. The average Bonchev–Trinajstić information content (AvgIpc) is 2.65. The first-order valence-corrected chi connectivity index (χ1v) is 10.5. The molecule has 1 heterocycles. The molecule has 0 saturated carbocycles. The van der Waals surface area contributed by atoms with E-state index in [1.165, 1.54) is 31.4 Å². The summed E-state index contributed by atoms with van der Waals surface area (Å²) in [6, 6.07) is 4.46. The molecule has 1 saturated heterocycles. The Bertz CT molecular complexity index is 779. The van der Waals surface area contributed by atoms with Crippen LogP contribution in [0, 0.1) is 11.8 Å². The van der Waals surface area contributed by atoms with Gasteiger partial charge in [-0.15, -0.1) is 0 Å². The predicted molar refractivity (Wildman–Crippen MR) is 97.3 cm³/mol. The van der Waals surface area contributed by atoms with Gasteiger partial charge >= 0.3 is 6.18 Å². The lowest BCUT2D eigenvalue weighted by atomic mass is 9.95. The first kappa shape index (κ1) is 22.5. The molecule has 1 N–H and O–H groups in total. The molecule has 6 nitrogen and oxygen atoms in total. The fourth-order valence-electron chi connectivity index (χ4n) is 3.10. The third-order valence-corrected chi connectivity index (χ3v) is 6.24. The molecule has 10 heteroatoms. The SMILES string of the molecule is COc1ccc(S(=O)(=O)N[C@H](C(=O)N2CCC[C@@H](C(F)(F)F)C2)C(C)C)cc1. The molecule has 2 atom stereocenters. The number of carbonyl (C=O) groups excluding carboxylic acids is 1. The Balaban J connectivity index is 2.18. The summed E-state index contributed by atoms with van der Waals surface area (Å²) in [5.41, 5.74) is 0. The minimum absolute atomic E-state index is 0.0306. The summed E-state index contributed by atoms with van der Waals surface area (Å²) >= 11 is 0. The van der Waals surface area contributed by atoms with Crippen molar-refractivity contribution in [2.24, 2.45) is 11.8 Å². The van der Waals surface area contributed by atoms with E-state index in [4.69, 9.17) is 4.74 Å². The number of rotatable bonds is 6. The number of nitrogens with zero attached hydrogens (tertiary/aromatic N) is 1. The normalized spacial score (nSPS) is 19.5. The van der Waals surface area contributed by atoms with Crippen molar-refractivity contribution >= 4 is 15.9 Å². The monoisotopic (exact) mass is 422 g/mol. The van der Waals surface area contributed by atoms with Crippen LogP contribution in [-0.2, 0) is 14.8 Å². The van der Waals surface area contributed by atoms with Crippen molar-refractivity contribution in [3.63, 3.8) is 0 Å². The molecule has 0 aliphatic carbocycles. The highest BCUT2D eigenvalue weighted by Gasteiger charge is 2.44. The molecule has 1 aliphatic rings. The second-order valence-electron chi connectivity index (χ2n) is 7.18. The van der Waals surface area contributed by atoms with Crippen LogP contribution in [0.3, 0.4) is 0 Å². The fourth-order valence-corrected chi connectivity index (χ4v) is 4.44. The fraction of sp³-hybridized carbons (Fsp3) is 0.611. The van der Waals surface area contributed by atoms with Crippen LogP contribution >= 0.6 is 0 Å². The van der Waals surface area contributed by atoms with Gasteiger partial charge in [-0.25, -0.2) is 8.42 Å². The van der Waals surface area contributed by atoms with Crippen molar-refractivity contribution in [1.82, 2.24) is 9.62 Å². The van der Waals surface area contributed by atoms with Crippen molar-refractivity contribution in [1.29, 1.82) is 0 Å². The number of piperidine rings is 1. The van der Waals surface area contributed by atoms with Gasteiger partial charge in [-0.1, -0.05) is 13.8 Å². The molecule has 1 aliphatic heterocycles. The molecule has 1 amide bonds. The quantitative estimate of drug-likeness (QED) is 0.765. The van der Waals surface area contributed by atoms with Crippen LogP contribution in [0.4, 0.5) is 13.2 Å². The lowest BCUT2D eigenvalue weighted by Gasteiger charge is -2.36. The first-order valence-electron chi connectivity index (χ1n) is 8.97. The largest absolute Gasteiger partial charge is 0.497 e. The summed E-state index contributed by atoms with van der Waals surface area (Å²) in [5.74, 6) is -2.19. The van der Waals surface area contributed by atoms with Gasteiger partial charge in [0.05, 0.1) is 17.9 Å². The number of methoxy groups -OCH3 is 1. The second kappa shape index (κ2) is 8.69. The third kappa shape index (κ3) is 5.38. The summed E-state index contributed by atoms with van der Waals surface area (Å²) in [7, 11) is -2.58. The Kier molecular flexibility index (Phi) is 6.97. The zero-order valence-corrected chi connectivity index (χ0v) is 16.8. The lowest BCUT2D eigenvalue weighted by Crippen LogP contribution is -2.54. The summed E-state index contributed by atoms with van der Waals surface area (Å²) < 4.78 is 71.8. The molecular weight excluding hydrogens is 397 g/mol. The molecule has 158 valence electrons. The molecular formula is C18H25F3N2O4S. The van der Waals surface area contributed by atoms with E-state index in [1.807, 2.05) is 0 Å². The van der Waals surface area contributed by atoms with E-state index in [9.17, 15) is 26.4 Å². The number of alkyl halides is 3. The number of likely N-dealkylation sites (tertiary alicyclic amines) is 1. The number of carbonyl (C=O) groups is 1. The maximum absolute atomic E-state index is 13.0. The van der Waals surface area contributed by atoms with Gasteiger partial charge in [-0.2, -0.15) is 17.9 Å². The zero-order valence-electron chi connectivity index (χ0n) is 16.0. The number of hydrogen-bond donors (Lipinski definition) is 1. The van der Waals surface area contributed by atoms with Crippen LogP contribution in [-0.4, -0.2) is 51.6 Å². The summed E-state index contributed by atoms with van der Waals surface area (Å²) in [4.78, 5) is 13.9. The molecule has 1 fully saturated rings. The molecule has 0 radical (unpaired) electrons. The molecule has 2 rings (SSSR count). The van der Waals surface area contributed by atoms with Gasteiger partial charge < -0.3 is 9.64 Å². The van der Waals surface area contributed by atoms with Gasteiger partial charge in [0.1, 0.15) is 11.8 Å². The van der Waals surface area contributed by atoms with E-state index in [-0.39, 0.29) is 24.3 Å². The summed E-state index contributed by atoms with van der Waals surface area (Å²) in [5, 5.41) is 0. The Morgan fingerprint density at radius 1 is 1.25 bits per heavy atom. The van der Waals surface area contributed by atoms with Crippen LogP contribution in [0.15, 0.2) is 29.2 Å². The highest BCUT2D eigenvalue weighted by atomic mass is 32.2. The van der Waals surface area contributed by atoms with E-state index in [1.54, 1.807) is 13.8 Å². The van der Waals surface area contributed by atoms with Crippen molar-refractivity contribution < 1.29 is 31.1 Å². The van der Waals surface area contributed by atoms with Gasteiger partial charge in [-0.05, 0) is 43.0 Å². The Hall–Kier alpha value is -1.81. The van der Waals surface area contributed by atoms with Crippen LogP contribution in [0.25, 0.3) is 0 Å². The number of hydrogen-bond acceptors (Lipinski definition) is 4. The molecule has 0 aromatic heterocycles. The van der Waals surface area contributed by atoms with Crippen molar-refractivity contribution in [2.75, 3.05) is 20.2 Å². The van der Waals surface area contributed by atoms with Crippen LogP contribution < -0.4 is 9.46 Å². The maximum Gasteiger partial charge on any atom is 0.393 e. The van der Waals surface area contributed by atoms with Crippen LogP contribution in [0.5, 0.6) is 5.75 Å². The second-order valence-corrected chi connectivity index (χ2v) is 8.90. The smallest absolute Gasteiger partial charge is 0.393 e. The van der Waals surface area contributed by atoms with Gasteiger partial charge in [0, 0.05) is 13.1 Å². The standard InChI is InChI=1S/C18H25F3N2O4S/c1-12(2)16(17(24)23-10-4-5-13(11-23)18(19,20)21)22-28(25,26)15-8-6-14(27-3)7-9-15/h6-9,12-13,16,22H,4-5,10-11H2,1-3H3/t13-,16+/m1/s1. The van der Waals surface area contributed by atoms with Crippen molar-refractivity contribution in [3.05, 3.63) is 24.3 Å². The van der Waals surface area contributed by atoms with Gasteiger partial charge in [0.2, 0.25) is 15.9 Å². The van der Waals surface area contributed by atoms with E-state index in [0.717, 1.165) is 4.90 Å². The zero-order chi connectivity index (χ0) is 21.1. The number of amides is 1. The molecule has 0 spiro atoms. The van der Waals surface area contributed by atoms with Gasteiger partial charge in [0.25, 0.3) is 0 Å². The summed E-state index contributed by atoms with van der Waals surface area (Å²) in [6.07, 6.45) is -4.18. The Morgan fingerprint density at radius 3 is 2.36 bits per heavy atom. The minimum Gasteiger partial charge on any atom is -0.497 e. The van der Waals surface area contributed by atoms with Crippen LogP contribution in [0.2, 0.25) is 0 Å². The number of nitrogens with one attached hydrogen (secondary N) is 1. The molecule has 0 unspecified atom stereocenters. The highest BCUT2D eigenvalue weighted by Crippen LogP contribution is 2.33. The van der Waals surface area contributed by atoms with E-state index in [0.29, 0.717) is 5.75 Å². The number of benzene rings is 1. The number of halogens is 3. The maximum atomic E-state index is 13.0. The van der Waals surface area contributed by atoms with E-state index >= 15 is 0 Å². The summed E-state index contributed by atoms with van der Waals surface area (Å²) in [6.45, 7) is 3.02. The van der Waals surface area contributed by atoms with Crippen molar-refractivity contribution in [3.8, 4) is 5.75 Å². The highest BCUT2D eigenvalue weighted by molar-refractivity contribution is 7.89. The van der Waals surface area contributed by atoms with E-state index < -0.39 is 46.5 Å². The predicted octanol–water partition coefficient (Wildman–Crippen LogP) is 2.80. The molecule has 1 aromatic carbocycles. The minimum atomic E-state index is -4.38. The van der Waals surface area contributed by atoms with Gasteiger partial charge in [0.15, 0.2) is 0 Å². The molecule has 1 aromatic rings. The van der Waals surface area contributed by atoms with E-state index in [2.05, 4.69) is 4.72 Å². The number of sulfonamides is 1. The topological polar surface area (TPSA) is 75.7 Å². The first-order chi connectivity index (χ1) is 13.0. The average molecular weight is 422 g/mol. The van der Waals surface area contributed by atoms with Crippen LogP contribution in [0.1, 0.15) is 26.7 Å². The molecule has 0 bridgehead atoms. The van der Waals surface area contributed by atoms with Crippen molar-refractivity contribution in [2.45, 2.75) is 43.8 Å². The Morgan fingerprint density at radius 2 is 1.86 bits per heavy atom.